The van der Waals surface area contributed by atoms with Gasteiger partial charge in [-0.1, -0.05) is 13.8 Å². The number of H-pyrrole nitrogens is 1. The first-order chi connectivity index (χ1) is 12.6. The van der Waals surface area contributed by atoms with Crippen molar-refractivity contribution < 1.29 is 17.5 Å². The Morgan fingerprint density at radius 3 is 2.59 bits per heavy atom. The van der Waals surface area contributed by atoms with Crippen LogP contribution in [-0.4, -0.2) is 27.1 Å². The number of hydrogen-bond donors (Lipinski definition) is 2. The summed E-state index contributed by atoms with van der Waals surface area (Å²) in [5.74, 6) is 0.324. The van der Waals surface area contributed by atoms with Crippen molar-refractivity contribution in [2.75, 3.05) is 13.7 Å². The first-order valence-corrected chi connectivity index (χ1v) is 10.0. The van der Waals surface area contributed by atoms with Gasteiger partial charge in [0.2, 0.25) is 10.0 Å². The van der Waals surface area contributed by atoms with Crippen LogP contribution in [0.15, 0.2) is 47.5 Å². The maximum Gasteiger partial charge on any atom is 0.240 e. The number of methoxy groups -OCH3 is 1. The van der Waals surface area contributed by atoms with Gasteiger partial charge >= 0.3 is 0 Å². The fraction of sp³-hybridized carbons (Fsp3) is 0.300. The van der Waals surface area contributed by atoms with E-state index in [1.807, 2.05) is 13.8 Å². The summed E-state index contributed by atoms with van der Waals surface area (Å²) in [4.78, 5) is 3.25. The molecule has 27 heavy (non-hydrogen) atoms. The number of aromatic amines is 1. The van der Waals surface area contributed by atoms with Gasteiger partial charge in [-0.2, -0.15) is 0 Å². The minimum Gasteiger partial charge on any atom is -0.496 e. The van der Waals surface area contributed by atoms with Gasteiger partial charge in [0, 0.05) is 29.1 Å². The lowest BCUT2D eigenvalue weighted by Crippen LogP contribution is -2.36. The van der Waals surface area contributed by atoms with E-state index in [1.165, 1.54) is 18.2 Å². The van der Waals surface area contributed by atoms with Crippen molar-refractivity contribution in [1.82, 2.24) is 9.71 Å². The fourth-order valence-corrected chi connectivity index (χ4v) is 4.43. The van der Waals surface area contributed by atoms with Gasteiger partial charge in [-0.3, -0.25) is 0 Å². The van der Waals surface area contributed by atoms with Crippen LogP contribution < -0.4 is 9.46 Å². The molecular formula is C20H23FN2O3S. The molecule has 2 N–H and O–H groups in total. The van der Waals surface area contributed by atoms with Gasteiger partial charge in [-0.05, 0) is 54.4 Å². The monoisotopic (exact) mass is 390 g/mol. The zero-order valence-corrected chi connectivity index (χ0v) is 16.6. The molecule has 0 spiro atoms. The van der Waals surface area contributed by atoms with Gasteiger partial charge in [-0.15, -0.1) is 0 Å². The Balaban J connectivity index is 1.84. The molecule has 144 valence electrons. The average molecular weight is 390 g/mol. The number of benzene rings is 2. The third kappa shape index (κ3) is 3.84. The number of ether oxygens (including phenoxy) is 1. The Morgan fingerprint density at radius 1 is 1.19 bits per heavy atom. The topological polar surface area (TPSA) is 71.2 Å². The normalized spacial score (nSPS) is 12.5. The van der Waals surface area contributed by atoms with E-state index in [2.05, 4.69) is 9.71 Å². The number of aryl methyl sites for hydroxylation is 1. The molecule has 0 unspecified atom stereocenters. The molecule has 0 fully saturated rings. The van der Waals surface area contributed by atoms with Crippen LogP contribution in [0.2, 0.25) is 0 Å². The van der Waals surface area contributed by atoms with E-state index in [9.17, 15) is 12.8 Å². The van der Waals surface area contributed by atoms with Crippen molar-refractivity contribution in [2.45, 2.75) is 31.1 Å². The van der Waals surface area contributed by atoms with E-state index in [0.717, 1.165) is 16.5 Å². The first-order valence-electron chi connectivity index (χ1n) is 8.55. The van der Waals surface area contributed by atoms with Crippen molar-refractivity contribution in [3.63, 3.8) is 0 Å². The number of nitrogens with one attached hydrogen (secondary N) is 2. The number of hydrogen-bond acceptors (Lipinski definition) is 3. The van der Waals surface area contributed by atoms with Crippen molar-refractivity contribution in [2.24, 2.45) is 0 Å². The van der Waals surface area contributed by atoms with Crippen LogP contribution in [0.1, 0.15) is 25.0 Å². The van der Waals surface area contributed by atoms with Gasteiger partial charge in [0.05, 0.1) is 12.0 Å². The van der Waals surface area contributed by atoms with Gasteiger partial charge in [0.1, 0.15) is 11.6 Å². The fourth-order valence-electron chi connectivity index (χ4n) is 3.13. The largest absolute Gasteiger partial charge is 0.496 e. The quantitative estimate of drug-likeness (QED) is 0.671. The van der Waals surface area contributed by atoms with E-state index in [-0.39, 0.29) is 17.3 Å². The zero-order valence-electron chi connectivity index (χ0n) is 15.8. The minimum absolute atomic E-state index is 0.192. The van der Waals surface area contributed by atoms with Crippen LogP contribution in [-0.2, 0) is 15.4 Å². The highest BCUT2D eigenvalue weighted by Crippen LogP contribution is 2.31. The maximum absolute atomic E-state index is 13.4. The van der Waals surface area contributed by atoms with Crippen LogP contribution in [0.25, 0.3) is 10.9 Å². The Labute approximate surface area is 158 Å². The van der Waals surface area contributed by atoms with Crippen molar-refractivity contribution >= 4 is 20.9 Å². The minimum atomic E-state index is -3.67. The molecule has 0 amide bonds. The average Bonchev–Trinajstić information content (AvgIpc) is 3.04. The SMILES string of the molecule is COc1ccc(S(=O)(=O)NCC(C)(C)c2c[nH]c3cc(F)ccc23)cc1C. The van der Waals surface area contributed by atoms with Crippen LogP contribution in [0.4, 0.5) is 4.39 Å². The Kier molecular flexibility index (Phi) is 5.01. The summed E-state index contributed by atoms with van der Waals surface area (Å²) in [5.41, 5.74) is 1.86. The van der Waals surface area contributed by atoms with E-state index < -0.39 is 15.4 Å². The molecule has 1 aromatic heterocycles. The summed E-state index contributed by atoms with van der Waals surface area (Å²) in [7, 11) is -2.12. The van der Waals surface area contributed by atoms with Crippen molar-refractivity contribution in [3.8, 4) is 5.75 Å². The van der Waals surface area contributed by atoms with E-state index >= 15 is 0 Å². The Hall–Kier alpha value is -2.38. The third-order valence-electron chi connectivity index (χ3n) is 4.75. The standard InChI is InChI=1S/C20H23FN2O3S/c1-13-9-15(6-8-19(13)26-4)27(24,25)23-12-20(2,3)17-11-22-18-10-14(21)5-7-16(17)18/h5-11,22-23H,12H2,1-4H3. The van der Waals surface area contributed by atoms with Gasteiger partial charge in [-0.25, -0.2) is 17.5 Å². The second-order valence-corrected chi connectivity index (χ2v) is 9.00. The number of aromatic nitrogens is 1. The van der Waals surface area contributed by atoms with Crippen LogP contribution >= 0.6 is 0 Å². The number of sulfonamides is 1. The third-order valence-corrected chi connectivity index (χ3v) is 6.15. The molecule has 0 bridgehead atoms. The molecule has 0 radical (unpaired) electrons. The first kappa shape index (κ1) is 19.4. The Bertz CT molecular complexity index is 1090. The molecule has 0 aliphatic rings. The molecular weight excluding hydrogens is 367 g/mol. The summed E-state index contributed by atoms with van der Waals surface area (Å²) in [6.07, 6.45) is 1.80. The van der Waals surface area contributed by atoms with Gasteiger partial charge in [0.25, 0.3) is 0 Å². The molecule has 0 aliphatic carbocycles. The highest BCUT2D eigenvalue weighted by atomic mass is 32.2. The summed E-state index contributed by atoms with van der Waals surface area (Å²) in [5, 5.41) is 0.876. The van der Waals surface area contributed by atoms with E-state index in [4.69, 9.17) is 4.74 Å². The second kappa shape index (κ2) is 6.98. The highest BCUT2D eigenvalue weighted by molar-refractivity contribution is 7.89. The summed E-state index contributed by atoms with van der Waals surface area (Å²) in [6.45, 7) is 5.89. The van der Waals surface area contributed by atoms with Crippen LogP contribution in [0.5, 0.6) is 5.75 Å². The van der Waals surface area contributed by atoms with Gasteiger partial charge < -0.3 is 9.72 Å². The molecule has 7 heteroatoms. The predicted octanol–water partition coefficient (Wildman–Crippen LogP) is 3.88. The molecule has 3 rings (SSSR count). The zero-order chi connectivity index (χ0) is 19.8. The molecule has 5 nitrogen and oxygen atoms in total. The maximum atomic E-state index is 13.4. The van der Waals surface area contributed by atoms with Crippen LogP contribution in [0, 0.1) is 12.7 Å². The number of fused-ring (bicyclic) bond motifs is 1. The Morgan fingerprint density at radius 2 is 1.93 bits per heavy atom. The van der Waals surface area contributed by atoms with Gasteiger partial charge in [0.15, 0.2) is 0 Å². The molecule has 0 atom stereocenters. The summed E-state index contributed by atoms with van der Waals surface area (Å²) < 4.78 is 46.7. The number of rotatable bonds is 6. The highest BCUT2D eigenvalue weighted by Gasteiger charge is 2.27. The smallest absolute Gasteiger partial charge is 0.240 e. The molecule has 0 aliphatic heterocycles. The van der Waals surface area contributed by atoms with E-state index in [0.29, 0.717) is 11.3 Å². The van der Waals surface area contributed by atoms with Crippen molar-refractivity contribution in [3.05, 3.63) is 59.5 Å². The number of halogens is 1. The van der Waals surface area contributed by atoms with E-state index in [1.54, 1.807) is 38.4 Å². The molecule has 1 heterocycles. The molecule has 2 aromatic carbocycles. The lowest BCUT2D eigenvalue weighted by Gasteiger charge is -2.25. The summed E-state index contributed by atoms with van der Waals surface area (Å²) >= 11 is 0. The van der Waals surface area contributed by atoms with Crippen molar-refractivity contribution in [1.29, 1.82) is 0 Å². The molecule has 0 saturated heterocycles. The molecule has 0 saturated carbocycles. The summed E-state index contributed by atoms with van der Waals surface area (Å²) in [6, 6.07) is 9.29. The van der Waals surface area contributed by atoms with Crippen LogP contribution in [0.3, 0.4) is 0 Å². The second-order valence-electron chi connectivity index (χ2n) is 7.23. The predicted molar refractivity (Wildman–Crippen MR) is 104 cm³/mol. The lowest BCUT2D eigenvalue weighted by atomic mass is 9.85. The molecule has 3 aromatic rings. The lowest BCUT2D eigenvalue weighted by molar-refractivity contribution is 0.411.